The molecule has 0 fully saturated rings. The maximum absolute atomic E-state index is 7.69. The lowest BCUT2D eigenvalue weighted by Crippen LogP contribution is -2.18. The van der Waals surface area contributed by atoms with Gasteiger partial charge in [-0.2, -0.15) is 4.91 Å². The van der Waals surface area contributed by atoms with Crippen molar-refractivity contribution in [3.05, 3.63) is 10.4 Å². The molecule has 10 nitrogen and oxygen atoms in total. The van der Waals surface area contributed by atoms with Crippen molar-refractivity contribution in [2.45, 2.75) is 0 Å². The molecule has 0 saturated heterocycles. The SMILES string of the molecule is [N-]=[N+]=NNNN=NN=NN. The van der Waals surface area contributed by atoms with Crippen LogP contribution in [0.4, 0.5) is 0 Å². The molecule has 0 spiro atoms. The highest BCUT2D eigenvalue weighted by Gasteiger charge is 1.68. The average Bonchev–Trinajstić information content (AvgIpc) is 1.97. The van der Waals surface area contributed by atoms with E-state index in [9.17, 15) is 0 Å². The highest BCUT2D eigenvalue weighted by Crippen LogP contribution is 1.69. The Hall–Kier alpha value is -2.09. The van der Waals surface area contributed by atoms with Crippen LogP contribution in [0.25, 0.3) is 10.4 Å². The van der Waals surface area contributed by atoms with Crippen LogP contribution in [0, 0.1) is 0 Å². The summed E-state index contributed by atoms with van der Waals surface area (Å²) in [5.41, 5.74) is 11.6. The number of nitrogens with two attached hydrogens (primary N) is 1. The number of hydrogen-bond donors (Lipinski definition) is 3. The van der Waals surface area contributed by atoms with Gasteiger partial charge < -0.3 is 5.84 Å². The minimum atomic E-state index is 1.95. The van der Waals surface area contributed by atoms with E-state index < -0.39 is 0 Å². The molecule has 0 radical (unpaired) electrons. The molecule has 0 bridgehead atoms. The molecule has 10 heteroatoms. The van der Waals surface area contributed by atoms with Gasteiger partial charge >= 0.3 is 0 Å². The van der Waals surface area contributed by atoms with Crippen LogP contribution in [0.15, 0.2) is 26.1 Å². The van der Waals surface area contributed by atoms with Crippen molar-refractivity contribution >= 4 is 0 Å². The summed E-state index contributed by atoms with van der Waals surface area (Å²) in [4.78, 5) is 2.32. The van der Waals surface area contributed by atoms with Crippen LogP contribution in [0.1, 0.15) is 0 Å². The first-order chi connectivity index (χ1) is 4.91. The number of rotatable bonds is 4. The Balaban J connectivity index is 3.26. The summed E-state index contributed by atoms with van der Waals surface area (Å²) >= 11 is 0. The van der Waals surface area contributed by atoms with Gasteiger partial charge in [-0.1, -0.05) is 5.22 Å². The van der Waals surface area contributed by atoms with E-state index >= 15 is 0 Å². The van der Waals surface area contributed by atoms with Crippen molar-refractivity contribution in [1.29, 1.82) is 0 Å². The van der Waals surface area contributed by atoms with E-state index in [1.54, 1.807) is 0 Å². The summed E-state index contributed by atoms with van der Waals surface area (Å²) in [6.45, 7) is 0. The summed E-state index contributed by atoms with van der Waals surface area (Å²) in [7, 11) is 0. The van der Waals surface area contributed by atoms with Crippen molar-refractivity contribution in [3.63, 3.8) is 0 Å². The highest BCUT2D eigenvalue weighted by molar-refractivity contribution is 4.31. The van der Waals surface area contributed by atoms with Crippen molar-refractivity contribution in [2.75, 3.05) is 0 Å². The minimum Gasteiger partial charge on any atom is -0.303 e. The predicted octanol–water partition coefficient (Wildman–Crippen LogP) is -0.0860. The predicted molar refractivity (Wildman–Crippen MR) is 29.3 cm³/mol. The molecule has 4 N–H and O–H groups in total. The van der Waals surface area contributed by atoms with Gasteiger partial charge in [-0.25, -0.2) is 0 Å². The lowest BCUT2D eigenvalue weighted by atomic mass is 12.3. The van der Waals surface area contributed by atoms with E-state index in [4.69, 9.17) is 5.53 Å². The lowest BCUT2D eigenvalue weighted by Gasteiger charge is -1.83. The molecule has 0 aromatic carbocycles. The normalized spacial score (nSPS) is 9.60. The molecule has 0 aromatic rings. The summed E-state index contributed by atoms with van der Waals surface area (Å²) in [6.07, 6.45) is 0. The molecular formula is H4N10. The van der Waals surface area contributed by atoms with Gasteiger partial charge in [0.05, 0.1) is 0 Å². The van der Waals surface area contributed by atoms with Gasteiger partial charge in [0.15, 0.2) is 0 Å². The summed E-state index contributed by atoms with van der Waals surface area (Å²) in [6, 6.07) is 0. The zero-order valence-electron chi connectivity index (χ0n) is 4.71. The Bertz CT molecular complexity index is 155. The van der Waals surface area contributed by atoms with E-state index in [0.717, 1.165) is 0 Å². The van der Waals surface area contributed by atoms with Crippen LogP contribution in [0.2, 0.25) is 0 Å². The fraction of sp³-hybridized carbons (Fsp3) is 0. The lowest BCUT2D eigenvalue weighted by molar-refractivity contribution is 0.541. The molecule has 0 unspecified atom stereocenters. The largest absolute Gasteiger partial charge is 0.303 e. The molecule has 0 aliphatic heterocycles. The first kappa shape index (κ1) is 7.91. The van der Waals surface area contributed by atoms with Crippen LogP contribution in [-0.2, 0) is 0 Å². The summed E-state index contributed by atoms with van der Waals surface area (Å²) in [5.74, 6) is 4.54. The van der Waals surface area contributed by atoms with Crippen molar-refractivity contribution in [2.24, 2.45) is 32.0 Å². The Kier molecular flexibility index (Phi) is 5.47. The van der Waals surface area contributed by atoms with Crippen LogP contribution in [0.5, 0.6) is 0 Å². The smallest absolute Gasteiger partial charge is 0.00506 e. The van der Waals surface area contributed by atoms with Crippen molar-refractivity contribution < 1.29 is 0 Å². The average molecular weight is 144 g/mol. The second-order valence-corrected chi connectivity index (χ2v) is 0.807. The van der Waals surface area contributed by atoms with Gasteiger partial charge in [0.1, 0.15) is 0 Å². The van der Waals surface area contributed by atoms with Crippen molar-refractivity contribution in [3.8, 4) is 0 Å². The molecule has 0 atom stereocenters. The molecule has 10 heavy (non-hydrogen) atoms. The third-order valence-electron chi connectivity index (χ3n) is 0.331. The second kappa shape index (κ2) is 6.91. The van der Waals surface area contributed by atoms with E-state index in [-0.39, 0.29) is 0 Å². The van der Waals surface area contributed by atoms with Crippen LogP contribution < -0.4 is 16.9 Å². The Morgan fingerprint density at radius 1 is 1.30 bits per heavy atom. The Morgan fingerprint density at radius 3 is 2.70 bits per heavy atom. The third kappa shape index (κ3) is 5.91. The van der Waals surface area contributed by atoms with Gasteiger partial charge in [-0.05, 0) is 15.7 Å². The number of azide groups is 1. The minimum absolute atomic E-state index is 1.95. The Morgan fingerprint density at radius 2 is 2.10 bits per heavy atom. The van der Waals surface area contributed by atoms with Gasteiger partial charge in [-0.3, -0.25) is 0 Å². The van der Waals surface area contributed by atoms with Crippen LogP contribution in [-0.4, -0.2) is 0 Å². The third-order valence-corrected chi connectivity index (χ3v) is 0.331. The topological polar surface area (TPSA) is 148 Å². The first-order valence-electron chi connectivity index (χ1n) is 1.96. The molecule has 0 aliphatic rings. The number of hydrogen-bond acceptors (Lipinski definition) is 3. The monoisotopic (exact) mass is 144 g/mol. The summed E-state index contributed by atoms with van der Waals surface area (Å²) < 4.78 is 0. The fourth-order valence-corrected chi connectivity index (χ4v) is 0.133. The molecule has 0 heterocycles. The molecule has 0 aromatic heterocycles. The van der Waals surface area contributed by atoms with Gasteiger partial charge in [-0.15, -0.1) is 16.6 Å². The van der Waals surface area contributed by atoms with E-state index in [1.807, 2.05) is 11.1 Å². The molecule has 54 valence electrons. The number of hydrazine groups is 1. The zero-order valence-corrected chi connectivity index (χ0v) is 4.71. The Labute approximate surface area is 54.7 Å². The quantitative estimate of drug-likeness (QED) is 0.126. The van der Waals surface area contributed by atoms with E-state index in [2.05, 4.69) is 36.9 Å². The maximum atomic E-state index is 7.69. The van der Waals surface area contributed by atoms with Crippen LogP contribution in [0.3, 0.4) is 0 Å². The van der Waals surface area contributed by atoms with E-state index in [1.165, 1.54) is 0 Å². The second-order valence-electron chi connectivity index (χ2n) is 0.807. The van der Waals surface area contributed by atoms with E-state index in [0.29, 0.717) is 0 Å². The van der Waals surface area contributed by atoms with Gasteiger partial charge in [0, 0.05) is 5.22 Å². The number of nitrogens with one attached hydrogen (secondary N) is 2. The first-order valence-corrected chi connectivity index (χ1v) is 1.96. The standard InChI is InChI=1S/H4N10/c1-3-5-7-9-10-8-6-4-2/h(H,3,7,10)(H3,1,5,8,9). The van der Waals surface area contributed by atoms with Gasteiger partial charge in [0.25, 0.3) is 0 Å². The summed E-state index contributed by atoms with van der Waals surface area (Å²) in [5, 5.41) is 14.5. The molecule has 0 amide bonds. The molecular weight excluding hydrogens is 140 g/mol. The number of nitrogens with zero attached hydrogens (tertiary/aromatic N) is 7. The fourth-order valence-electron chi connectivity index (χ4n) is 0.133. The van der Waals surface area contributed by atoms with Gasteiger partial charge in [0.2, 0.25) is 0 Å². The maximum Gasteiger partial charge on any atom is 0.00506 e. The van der Waals surface area contributed by atoms with Crippen LogP contribution >= 0.6 is 0 Å². The molecule has 0 aliphatic carbocycles. The molecule has 0 rings (SSSR count). The zero-order chi connectivity index (χ0) is 7.66. The highest BCUT2D eigenvalue weighted by atomic mass is 15.8. The molecule has 0 saturated carbocycles. The van der Waals surface area contributed by atoms with Crippen molar-refractivity contribution in [1.82, 2.24) is 11.1 Å².